The minimum absolute atomic E-state index is 0.375. The van der Waals surface area contributed by atoms with Crippen LogP contribution >= 0.6 is 0 Å². The van der Waals surface area contributed by atoms with E-state index in [9.17, 15) is 0 Å². The van der Waals surface area contributed by atoms with E-state index < -0.39 is 0 Å². The van der Waals surface area contributed by atoms with Gasteiger partial charge in [-0.05, 0) is 18.4 Å². The van der Waals surface area contributed by atoms with Crippen molar-refractivity contribution >= 4 is 0 Å². The average Bonchev–Trinajstić information content (AvgIpc) is 1.96. The van der Waals surface area contributed by atoms with Crippen molar-refractivity contribution in [1.29, 1.82) is 0 Å². The van der Waals surface area contributed by atoms with Gasteiger partial charge in [-0.1, -0.05) is 34.1 Å². The molecule has 0 aromatic rings. The number of hydrogen-bond donors (Lipinski definition) is 0. The zero-order chi connectivity index (χ0) is 9.56. The molecule has 0 aliphatic rings. The summed E-state index contributed by atoms with van der Waals surface area (Å²) in [6.07, 6.45) is 10.4. The highest BCUT2D eigenvalue weighted by atomic mass is 16.5. The fraction of sp³-hybridized carbons (Fsp3) is 0.636. The van der Waals surface area contributed by atoms with E-state index >= 15 is 0 Å². The number of rotatable bonds is 4. The first-order chi connectivity index (χ1) is 5.57. The maximum absolute atomic E-state index is 5.06. The molecule has 12 heavy (non-hydrogen) atoms. The lowest BCUT2D eigenvalue weighted by Crippen LogP contribution is -1.97. The van der Waals surface area contributed by atoms with Crippen LogP contribution in [0.1, 0.15) is 34.1 Å². The Morgan fingerprint density at radius 2 is 2.00 bits per heavy atom. The number of terminal acetylenes is 1. The first-order valence-corrected chi connectivity index (χ1v) is 4.40. The summed E-state index contributed by atoms with van der Waals surface area (Å²) in [5, 5.41) is 0. The second-order valence-electron chi connectivity index (χ2n) is 3.61. The van der Waals surface area contributed by atoms with Crippen molar-refractivity contribution < 1.29 is 4.74 Å². The monoisotopic (exact) mass is 166 g/mol. The van der Waals surface area contributed by atoms with Gasteiger partial charge in [-0.3, -0.25) is 0 Å². The van der Waals surface area contributed by atoms with E-state index in [-0.39, 0.29) is 0 Å². The molecule has 0 atom stereocenters. The minimum atomic E-state index is 0.375. The van der Waals surface area contributed by atoms with Crippen molar-refractivity contribution in [2.24, 2.45) is 11.8 Å². The highest BCUT2D eigenvalue weighted by molar-refractivity contribution is 4.99. The molecule has 0 unspecified atom stereocenters. The van der Waals surface area contributed by atoms with E-state index in [4.69, 9.17) is 11.2 Å². The summed E-state index contributed by atoms with van der Waals surface area (Å²) in [7, 11) is 0. The molecule has 68 valence electrons. The van der Waals surface area contributed by atoms with Gasteiger partial charge in [0, 0.05) is 5.92 Å². The van der Waals surface area contributed by atoms with E-state index in [2.05, 4.69) is 39.9 Å². The number of ether oxygens (including phenoxy) is 1. The molecule has 0 aromatic carbocycles. The van der Waals surface area contributed by atoms with Gasteiger partial charge in [-0.2, -0.15) is 0 Å². The van der Waals surface area contributed by atoms with E-state index in [0.717, 1.165) is 12.2 Å². The molecule has 0 heterocycles. The standard InChI is InChI=1S/C11H18O/c1-6-12-11(10(4)5)8-7-9(2)3/h1,8-10H,7H2,2-5H3/b11-8-. The molecule has 1 heteroatoms. The van der Waals surface area contributed by atoms with Gasteiger partial charge in [0.25, 0.3) is 0 Å². The van der Waals surface area contributed by atoms with Gasteiger partial charge in [-0.15, -0.1) is 0 Å². The van der Waals surface area contributed by atoms with Crippen molar-refractivity contribution in [3.05, 3.63) is 11.8 Å². The summed E-state index contributed by atoms with van der Waals surface area (Å²) in [5.41, 5.74) is 0. The van der Waals surface area contributed by atoms with Crippen LogP contribution in [0.15, 0.2) is 11.8 Å². The second-order valence-corrected chi connectivity index (χ2v) is 3.61. The van der Waals surface area contributed by atoms with Crippen LogP contribution in [0, 0.1) is 24.4 Å². The zero-order valence-electron chi connectivity index (χ0n) is 8.42. The summed E-state index contributed by atoms with van der Waals surface area (Å²) in [4.78, 5) is 0. The third-order valence-corrected chi connectivity index (χ3v) is 1.54. The molecule has 0 saturated carbocycles. The van der Waals surface area contributed by atoms with Gasteiger partial charge < -0.3 is 4.74 Å². The summed E-state index contributed by atoms with van der Waals surface area (Å²) in [5.74, 6) is 1.94. The third-order valence-electron chi connectivity index (χ3n) is 1.54. The highest BCUT2D eigenvalue weighted by Gasteiger charge is 2.03. The predicted octanol–water partition coefficient (Wildman–Crippen LogP) is 3.18. The quantitative estimate of drug-likeness (QED) is 0.460. The molecule has 0 aromatic heterocycles. The Balaban J connectivity index is 4.11. The Labute approximate surface area is 75.8 Å². The Morgan fingerprint density at radius 3 is 2.33 bits per heavy atom. The summed E-state index contributed by atoms with van der Waals surface area (Å²) < 4.78 is 5.04. The summed E-state index contributed by atoms with van der Waals surface area (Å²) in [6, 6.07) is 0. The molecule has 0 spiro atoms. The van der Waals surface area contributed by atoms with Gasteiger partial charge in [0.15, 0.2) is 0 Å². The molecule has 0 radical (unpaired) electrons. The van der Waals surface area contributed by atoms with E-state index in [1.165, 1.54) is 0 Å². The lowest BCUT2D eigenvalue weighted by molar-refractivity contribution is 0.329. The first kappa shape index (κ1) is 11.1. The summed E-state index contributed by atoms with van der Waals surface area (Å²) in [6.45, 7) is 8.49. The van der Waals surface area contributed by atoms with Crippen molar-refractivity contribution in [2.45, 2.75) is 34.1 Å². The molecule has 0 bridgehead atoms. The van der Waals surface area contributed by atoms with Crippen LogP contribution < -0.4 is 0 Å². The highest BCUT2D eigenvalue weighted by Crippen LogP contribution is 2.13. The molecular formula is C11H18O. The molecular weight excluding hydrogens is 148 g/mol. The van der Waals surface area contributed by atoms with E-state index in [0.29, 0.717) is 11.8 Å². The van der Waals surface area contributed by atoms with Crippen molar-refractivity contribution in [3.8, 4) is 12.5 Å². The van der Waals surface area contributed by atoms with Gasteiger partial charge in [0.05, 0.1) is 0 Å². The van der Waals surface area contributed by atoms with Crippen LogP contribution in [0.4, 0.5) is 0 Å². The normalized spacial score (nSPS) is 11.9. The first-order valence-electron chi connectivity index (χ1n) is 4.40. The van der Waals surface area contributed by atoms with E-state index in [1.807, 2.05) is 0 Å². The molecule has 0 amide bonds. The van der Waals surface area contributed by atoms with Crippen LogP contribution in [-0.2, 0) is 4.74 Å². The molecule has 1 nitrogen and oxygen atoms in total. The lowest BCUT2D eigenvalue weighted by Gasteiger charge is -2.08. The Bertz CT molecular complexity index is 182. The van der Waals surface area contributed by atoms with Crippen molar-refractivity contribution in [2.75, 3.05) is 0 Å². The fourth-order valence-corrected chi connectivity index (χ4v) is 0.815. The molecule has 0 saturated heterocycles. The van der Waals surface area contributed by atoms with Crippen LogP contribution in [0.25, 0.3) is 0 Å². The van der Waals surface area contributed by atoms with Crippen LogP contribution in [0.2, 0.25) is 0 Å². The van der Waals surface area contributed by atoms with Gasteiger partial charge >= 0.3 is 0 Å². The Morgan fingerprint density at radius 1 is 1.42 bits per heavy atom. The van der Waals surface area contributed by atoms with Crippen molar-refractivity contribution in [1.82, 2.24) is 0 Å². The summed E-state index contributed by atoms with van der Waals surface area (Å²) >= 11 is 0. The largest absolute Gasteiger partial charge is 0.412 e. The second kappa shape index (κ2) is 5.71. The van der Waals surface area contributed by atoms with Gasteiger partial charge in [0.2, 0.25) is 0 Å². The Hall–Kier alpha value is -0.900. The smallest absolute Gasteiger partial charge is 0.115 e. The fourth-order valence-electron chi connectivity index (χ4n) is 0.815. The molecule has 0 fully saturated rings. The van der Waals surface area contributed by atoms with E-state index in [1.54, 1.807) is 0 Å². The zero-order valence-corrected chi connectivity index (χ0v) is 8.42. The minimum Gasteiger partial charge on any atom is -0.412 e. The SMILES string of the molecule is C#CO/C(=C\CC(C)C)C(C)C. The number of hydrogen-bond acceptors (Lipinski definition) is 1. The molecule has 0 rings (SSSR count). The number of allylic oxidation sites excluding steroid dienone is 2. The third kappa shape index (κ3) is 4.85. The molecule has 0 aliphatic heterocycles. The maximum Gasteiger partial charge on any atom is 0.115 e. The Kier molecular flexibility index (Phi) is 5.28. The average molecular weight is 166 g/mol. The maximum atomic E-state index is 5.06. The lowest BCUT2D eigenvalue weighted by atomic mass is 10.1. The molecule has 0 aliphatic carbocycles. The van der Waals surface area contributed by atoms with Gasteiger partial charge in [-0.25, -0.2) is 0 Å². The van der Waals surface area contributed by atoms with Crippen LogP contribution in [-0.4, -0.2) is 0 Å². The van der Waals surface area contributed by atoms with Crippen molar-refractivity contribution in [3.63, 3.8) is 0 Å². The predicted molar refractivity (Wildman–Crippen MR) is 52.3 cm³/mol. The van der Waals surface area contributed by atoms with Gasteiger partial charge in [0.1, 0.15) is 11.9 Å². The van der Waals surface area contributed by atoms with Crippen LogP contribution in [0.3, 0.4) is 0 Å². The molecule has 0 N–H and O–H groups in total. The van der Waals surface area contributed by atoms with Crippen LogP contribution in [0.5, 0.6) is 0 Å². The topological polar surface area (TPSA) is 9.23 Å².